The Balaban J connectivity index is 1.85. The van der Waals surface area contributed by atoms with Crippen molar-refractivity contribution in [1.29, 1.82) is 0 Å². The number of rotatable bonds is 7. The quantitative estimate of drug-likeness (QED) is 0.823. The van der Waals surface area contributed by atoms with E-state index in [0.29, 0.717) is 5.92 Å². The number of aliphatic hydroxyl groups is 1. The smallest absolute Gasteiger partial charge is 0.0793 e. The van der Waals surface area contributed by atoms with Crippen LogP contribution in [-0.4, -0.2) is 70.1 Å². The lowest BCUT2D eigenvalue weighted by molar-refractivity contribution is 0.0658. The highest BCUT2D eigenvalue weighted by molar-refractivity contribution is 5.09. The molecule has 1 aliphatic heterocycles. The number of β-amino-alcohol motifs (C(OH)–C–C–N with tert-alkyl or cyclic N) is 1. The molecule has 2 heterocycles. The second-order valence-electron chi connectivity index (χ2n) is 6.12. The van der Waals surface area contributed by atoms with E-state index in [1.54, 1.807) is 0 Å². The van der Waals surface area contributed by atoms with Gasteiger partial charge in [-0.05, 0) is 38.5 Å². The Kier molecular flexibility index (Phi) is 6.21. The summed E-state index contributed by atoms with van der Waals surface area (Å²) in [6.07, 6.45) is 4.05. The Morgan fingerprint density at radius 3 is 2.81 bits per heavy atom. The van der Waals surface area contributed by atoms with Gasteiger partial charge >= 0.3 is 0 Å². The molecule has 120 valence electrons. The molecule has 1 saturated heterocycles. The predicted octanol–water partition coefficient (Wildman–Crippen LogP) is 1.30. The fourth-order valence-corrected chi connectivity index (χ4v) is 3.38. The lowest BCUT2D eigenvalue weighted by Gasteiger charge is -2.34. The lowest BCUT2D eigenvalue weighted by Crippen LogP contribution is -2.43. The highest BCUT2D eigenvalue weighted by Gasteiger charge is 2.24. The van der Waals surface area contributed by atoms with E-state index in [4.69, 9.17) is 0 Å². The summed E-state index contributed by atoms with van der Waals surface area (Å²) in [6, 6.07) is 2.13. The molecule has 1 aromatic heterocycles. The van der Waals surface area contributed by atoms with Gasteiger partial charge in [-0.3, -0.25) is 4.68 Å². The molecule has 0 amide bonds. The highest BCUT2D eigenvalue weighted by Crippen LogP contribution is 2.26. The first-order valence-electron chi connectivity index (χ1n) is 8.24. The van der Waals surface area contributed by atoms with E-state index in [9.17, 15) is 5.11 Å². The van der Waals surface area contributed by atoms with E-state index in [1.165, 1.54) is 18.5 Å². The number of hydrogen-bond acceptors (Lipinski definition) is 4. The average molecular weight is 294 g/mol. The van der Waals surface area contributed by atoms with Crippen molar-refractivity contribution < 1.29 is 5.11 Å². The van der Waals surface area contributed by atoms with E-state index in [1.807, 2.05) is 17.9 Å². The van der Waals surface area contributed by atoms with Crippen molar-refractivity contribution in [3.8, 4) is 0 Å². The van der Waals surface area contributed by atoms with Crippen LogP contribution in [-0.2, 0) is 7.05 Å². The molecule has 2 unspecified atom stereocenters. The summed E-state index contributed by atoms with van der Waals surface area (Å²) < 4.78 is 1.99. The number of aliphatic hydroxyl groups excluding tert-OH is 1. The van der Waals surface area contributed by atoms with Crippen molar-refractivity contribution in [2.75, 3.05) is 39.3 Å². The third kappa shape index (κ3) is 4.53. The van der Waals surface area contributed by atoms with Crippen LogP contribution < -0.4 is 0 Å². The predicted molar refractivity (Wildman–Crippen MR) is 85.4 cm³/mol. The first kappa shape index (κ1) is 16.5. The maximum Gasteiger partial charge on any atom is 0.0793 e. The Morgan fingerprint density at radius 1 is 1.43 bits per heavy atom. The molecule has 0 saturated carbocycles. The zero-order valence-electron chi connectivity index (χ0n) is 13.7. The summed E-state index contributed by atoms with van der Waals surface area (Å²) in [5, 5.41) is 14.6. The molecule has 0 aromatic carbocycles. The van der Waals surface area contributed by atoms with E-state index in [2.05, 4.69) is 34.8 Å². The second-order valence-corrected chi connectivity index (χ2v) is 6.12. The maximum absolute atomic E-state index is 10.3. The van der Waals surface area contributed by atoms with Crippen molar-refractivity contribution in [3.05, 3.63) is 18.0 Å². The molecule has 2 atom stereocenters. The monoisotopic (exact) mass is 294 g/mol. The first-order valence-corrected chi connectivity index (χ1v) is 8.24. The number of aromatic nitrogens is 2. The largest absolute Gasteiger partial charge is 0.390 e. The van der Waals surface area contributed by atoms with Crippen LogP contribution in [0.5, 0.6) is 0 Å². The Labute approximate surface area is 128 Å². The summed E-state index contributed by atoms with van der Waals surface area (Å²) in [4.78, 5) is 4.70. The average Bonchev–Trinajstić information content (AvgIpc) is 2.91. The molecule has 0 radical (unpaired) electrons. The van der Waals surface area contributed by atoms with Gasteiger partial charge in [-0.1, -0.05) is 13.8 Å². The summed E-state index contributed by atoms with van der Waals surface area (Å²) in [5.41, 5.74) is 1.32. The summed E-state index contributed by atoms with van der Waals surface area (Å²) >= 11 is 0. The fraction of sp³-hybridized carbons (Fsp3) is 0.812. The van der Waals surface area contributed by atoms with Crippen molar-refractivity contribution in [2.24, 2.45) is 7.05 Å². The molecule has 1 aliphatic rings. The van der Waals surface area contributed by atoms with Gasteiger partial charge in [0.15, 0.2) is 0 Å². The molecule has 5 nitrogen and oxygen atoms in total. The van der Waals surface area contributed by atoms with Gasteiger partial charge in [0.05, 0.1) is 6.10 Å². The van der Waals surface area contributed by atoms with Crippen molar-refractivity contribution >= 4 is 0 Å². The van der Waals surface area contributed by atoms with Gasteiger partial charge in [0.1, 0.15) is 0 Å². The Hall–Kier alpha value is -0.910. The third-order valence-corrected chi connectivity index (χ3v) is 4.61. The minimum absolute atomic E-state index is 0.254. The highest BCUT2D eigenvalue weighted by atomic mass is 16.3. The van der Waals surface area contributed by atoms with Crippen molar-refractivity contribution in [1.82, 2.24) is 19.6 Å². The minimum atomic E-state index is -0.254. The van der Waals surface area contributed by atoms with E-state index in [0.717, 1.165) is 39.3 Å². The minimum Gasteiger partial charge on any atom is -0.390 e. The maximum atomic E-state index is 10.3. The zero-order chi connectivity index (χ0) is 15.2. The fourth-order valence-electron chi connectivity index (χ4n) is 3.38. The molecule has 5 heteroatoms. The summed E-state index contributed by atoms with van der Waals surface area (Å²) in [7, 11) is 2.02. The third-order valence-electron chi connectivity index (χ3n) is 4.61. The van der Waals surface area contributed by atoms with Crippen LogP contribution in [0.15, 0.2) is 12.3 Å². The number of nitrogens with zero attached hydrogens (tertiary/aromatic N) is 4. The van der Waals surface area contributed by atoms with Gasteiger partial charge in [0.2, 0.25) is 0 Å². The van der Waals surface area contributed by atoms with Crippen LogP contribution in [0, 0.1) is 0 Å². The van der Waals surface area contributed by atoms with Crippen molar-refractivity contribution in [2.45, 2.75) is 38.7 Å². The SMILES string of the molecule is CCN(CC)CC(O)CN1CCCC(c2ccnn2C)C1. The summed E-state index contributed by atoms with van der Waals surface area (Å²) in [6.45, 7) is 10.0. The molecule has 1 N–H and O–H groups in total. The van der Waals surface area contributed by atoms with Crippen LogP contribution in [0.25, 0.3) is 0 Å². The van der Waals surface area contributed by atoms with Crippen LogP contribution in [0.2, 0.25) is 0 Å². The van der Waals surface area contributed by atoms with Crippen LogP contribution in [0.4, 0.5) is 0 Å². The van der Waals surface area contributed by atoms with Gasteiger partial charge < -0.3 is 14.9 Å². The lowest BCUT2D eigenvalue weighted by atomic mass is 9.94. The van der Waals surface area contributed by atoms with Crippen LogP contribution in [0.3, 0.4) is 0 Å². The number of piperidine rings is 1. The number of likely N-dealkylation sites (N-methyl/N-ethyl adjacent to an activating group) is 1. The molecule has 2 rings (SSSR count). The van der Waals surface area contributed by atoms with E-state index >= 15 is 0 Å². The molecule has 0 aliphatic carbocycles. The zero-order valence-corrected chi connectivity index (χ0v) is 13.7. The van der Waals surface area contributed by atoms with Crippen LogP contribution >= 0.6 is 0 Å². The molecule has 1 aromatic rings. The van der Waals surface area contributed by atoms with Gasteiger partial charge in [-0.2, -0.15) is 5.10 Å². The van der Waals surface area contributed by atoms with Crippen LogP contribution in [0.1, 0.15) is 38.3 Å². The molecule has 21 heavy (non-hydrogen) atoms. The van der Waals surface area contributed by atoms with Gasteiger partial charge in [-0.25, -0.2) is 0 Å². The topological polar surface area (TPSA) is 44.5 Å². The van der Waals surface area contributed by atoms with Gasteiger partial charge in [0.25, 0.3) is 0 Å². The molecule has 1 fully saturated rings. The second kappa shape index (κ2) is 7.92. The Bertz CT molecular complexity index is 416. The number of aryl methyl sites for hydroxylation is 1. The molecule has 0 spiro atoms. The van der Waals surface area contributed by atoms with E-state index in [-0.39, 0.29) is 6.10 Å². The standard InChI is InChI=1S/C16H30N4O/c1-4-19(5-2)12-15(21)13-20-10-6-7-14(11-20)16-8-9-17-18(16)3/h8-9,14-15,21H,4-7,10-13H2,1-3H3. The molecular formula is C16H30N4O. The van der Waals surface area contributed by atoms with Gasteiger partial charge in [0, 0.05) is 44.5 Å². The van der Waals surface area contributed by atoms with Crippen molar-refractivity contribution in [3.63, 3.8) is 0 Å². The molecule has 0 bridgehead atoms. The first-order chi connectivity index (χ1) is 10.1. The van der Waals surface area contributed by atoms with E-state index < -0.39 is 0 Å². The molecular weight excluding hydrogens is 264 g/mol. The number of hydrogen-bond donors (Lipinski definition) is 1. The van der Waals surface area contributed by atoms with Gasteiger partial charge in [-0.15, -0.1) is 0 Å². The summed E-state index contributed by atoms with van der Waals surface area (Å²) in [5.74, 6) is 0.548. The Morgan fingerprint density at radius 2 is 2.19 bits per heavy atom. The number of likely N-dealkylation sites (tertiary alicyclic amines) is 1. The normalized spacial score (nSPS) is 21.9.